The Kier molecular flexibility index (Phi) is 4.48. The van der Waals surface area contributed by atoms with Gasteiger partial charge in [-0.25, -0.2) is 9.18 Å². The Labute approximate surface area is 169 Å². The third-order valence-electron chi connectivity index (χ3n) is 6.77. The summed E-state index contributed by atoms with van der Waals surface area (Å²) >= 11 is 0. The van der Waals surface area contributed by atoms with Gasteiger partial charge in [-0.15, -0.1) is 0 Å². The van der Waals surface area contributed by atoms with Crippen LogP contribution >= 0.6 is 0 Å². The van der Waals surface area contributed by atoms with Gasteiger partial charge in [0.05, 0.1) is 6.54 Å². The smallest absolute Gasteiger partial charge is 0.410 e. The van der Waals surface area contributed by atoms with Crippen LogP contribution in [0.5, 0.6) is 0 Å². The second kappa shape index (κ2) is 7.04. The molecule has 1 N–H and O–H groups in total. The number of benzene rings is 1. The molecule has 3 heterocycles. The van der Waals surface area contributed by atoms with Crippen LogP contribution in [0.15, 0.2) is 24.3 Å². The highest BCUT2D eigenvalue weighted by atomic mass is 19.1. The molecule has 2 amide bonds. The van der Waals surface area contributed by atoms with Crippen molar-refractivity contribution in [1.29, 1.82) is 0 Å². The van der Waals surface area contributed by atoms with E-state index in [0.29, 0.717) is 30.7 Å². The number of hydrogen-bond donors (Lipinski definition) is 1. The summed E-state index contributed by atoms with van der Waals surface area (Å²) < 4.78 is 19.2. The fourth-order valence-corrected chi connectivity index (χ4v) is 5.16. The summed E-state index contributed by atoms with van der Waals surface area (Å²) in [5, 5.41) is 0.695. The lowest BCUT2D eigenvalue weighted by Crippen LogP contribution is -2.48. The lowest BCUT2D eigenvalue weighted by Gasteiger charge is -2.36. The molecule has 0 atom stereocenters. The highest BCUT2D eigenvalue weighted by molar-refractivity contribution is 5.98. The Morgan fingerprint density at radius 1 is 1.14 bits per heavy atom. The molecule has 0 unspecified atom stereocenters. The van der Waals surface area contributed by atoms with Gasteiger partial charge in [-0.05, 0) is 62.8 Å². The van der Waals surface area contributed by atoms with Crippen molar-refractivity contribution in [2.24, 2.45) is 0 Å². The van der Waals surface area contributed by atoms with E-state index in [-0.39, 0.29) is 29.5 Å². The van der Waals surface area contributed by atoms with Crippen molar-refractivity contribution < 1.29 is 18.7 Å². The number of rotatable bonds is 2. The maximum absolute atomic E-state index is 13.4. The molecule has 1 aliphatic carbocycles. The zero-order valence-corrected chi connectivity index (χ0v) is 16.5. The monoisotopic (exact) mass is 399 g/mol. The molecule has 1 spiro atoms. The topological polar surface area (TPSA) is 65.6 Å². The van der Waals surface area contributed by atoms with E-state index in [1.807, 2.05) is 9.80 Å². The second-order valence-corrected chi connectivity index (χ2v) is 8.68. The number of halogens is 1. The van der Waals surface area contributed by atoms with E-state index in [1.165, 1.54) is 18.6 Å². The molecule has 6 nitrogen and oxygen atoms in total. The molecule has 0 bridgehead atoms. The number of amides is 2. The molecular weight excluding hydrogens is 373 g/mol. The Morgan fingerprint density at radius 3 is 2.66 bits per heavy atom. The highest BCUT2D eigenvalue weighted by Gasteiger charge is 2.48. The average Bonchev–Trinajstić information content (AvgIpc) is 3.28. The van der Waals surface area contributed by atoms with Crippen molar-refractivity contribution >= 4 is 22.9 Å². The maximum Gasteiger partial charge on any atom is 0.410 e. The van der Waals surface area contributed by atoms with Crippen LogP contribution < -0.4 is 0 Å². The van der Waals surface area contributed by atoms with E-state index in [0.717, 1.165) is 44.0 Å². The standard InChI is InChI=1S/C22H26FN3O3/c23-16-4-5-18-15(12-16)13-19(24-18)20(27)25-10-6-17(7-11-25)26-14-22(29-21(26)28)8-2-1-3-9-22/h4-5,12-13,17,24H,1-3,6-11,14H2. The molecule has 1 aromatic carbocycles. The number of ether oxygens (including phenoxy) is 1. The van der Waals surface area contributed by atoms with E-state index in [9.17, 15) is 14.0 Å². The van der Waals surface area contributed by atoms with Gasteiger partial charge >= 0.3 is 6.09 Å². The molecule has 1 aromatic heterocycles. The molecule has 2 aromatic rings. The van der Waals surface area contributed by atoms with Crippen LogP contribution in [0.2, 0.25) is 0 Å². The van der Waals surface area contributed by atoms with Crippen LogP contribution in [-0.4, -0.2) is 58.1 Å². The number of H-pyrrole nitrogens is 1. The number of hydrogen-bond acceptors (Lipinski definition) is 3. The highest BCUT2D eigenvalue weighted by Crippen LogP contribution is 2.38. The fourth-order valence-electron chi connectivity index (χ4n) is 5.16. The first kappa shape index (κ1) is 18.5. The minimum Gasteiger partial charge on any atom is -0.441 e. The van der Waals surface area contributed by atoms with E-state index >= 15 is 0 Å². The SMILES string of the molecule is O=C(c1cc2cc(F)ccc2[nH]1)N1CCC(N2CC3(CCCCC3)OC2=O)CC1. The predicted octanol–water partition coefficient (Wildman–Crippen LogP) is 4.07. The third-order valence-corrected chi connectivity index (χ3v) is 6.77. The third kappa shape index (κ3) is 3.36. The van der Waals surface area contributed by atoms with Gasteiger partial charge in [0, 0.05) is 30.0 Å². The normalized spacial score (nSPS) is 22.4. The van der Waals surface area contributed by atoms with Crippen molar-refractivity contribution in [3.63, 3.8) is 0 Å². The van der Waals surface area contributed by atoms with Crippen molar-refractivity contribution in [1.82, 2.24) is 14.8 Å². The number of nitrogens with zero attached hydrogens (tertiary/aromatic N) is 2. The largest absolute Gasteiger partial charge is 0.441 e. The molecule has 0 radical (unpaired) electrons. The van der Waals surface area contributed by atoms with Crippen molar-refractivity contribution in [2.75, 3.05) is 19.6 Å². The number of carbonyl (C=O) groups excluding carboxylic acids is 2. The molecule has 3 aliphatic rings. The van der Waals surface area contributed by atoms with E-state index in [4.69, 9.17) is 4.74 Å². The van der Waals surface area contributed by atoms with Crippen LogP contribution in [0.25, 0.3) is 10.9 Å². The predicted molar refractivity (Wildman–Crippen MR) is 106 cm³/mol. The van der Waals surface area contributed by atoms with Crippen LogP contribution in [-0.2, 0) is 4.74 Å². The summed E-state index contributed by atoms with van der Waals surface area (Å²) in [4.78, 5) is 32.2. The van der Waals surface area contributed by atoms with Gasteiger partial charge in [-0.2, -0.15) is 0 Å². The fraction of sp³-hybridized carbons (Fsp3) is 0.545. The Morgan fingerprint density at radius 2 is 1.90 bits per heavy atom. The summed E-state index contributed by atoms with van der Waals surface area (Å²) in [6.07, 6.45) is 6.73. The van der Waals surface area contributed by atoms with Crippen LogP contribution in [0.1, 0.15) is 55.4 Å². The molecule has 154 valence electrons. The number of aromatic nitrogens is 1. The molecule has 29 heavy (non-hydrogen) atoms. The first-order valence-corrected chi connectivity index (χ1v) is 10.6. The van der Waals surface area contributed by atoms with E-state index in [1.54, 1.807) is 12.1 Å². The van der Waals surface area contributed by atoms with Crippen LogP contribution in [0, 0.1) is 5.82 Å². The number of likely N-dealkylation sites (tertiary alicyclic amines) is 1. The molecule has 2 aliphatic heterocycles. The molecular formula is C22H26FN3O3. The summed E-state index contributed by atoms with van der Waals surface area (Å²) in [7, 11) is 0. The summed E-state index contributed by atoms with van der Waals surface area (Å²) in [5.74, 6) is -0.391. The van der Waals surface area contributed by atoms with Gasteiger partial charge < -0.3 is 19.5 Å². The van der Waals surface area contributed by atoms with Gasteiger partial charge in [-0.3, -0.25) is 4.79 Å². The van der Waals surface area contributed by atoms with Gasteiger partial charge in [-0.1, -0.05) is 6.42 Å². The zero-order chi connectivity index (χ0) is 20.0. The molecule has 2 saturated heterocycles. The summed E-state index contributed by atoms with van der Waals surface area (Å²) in [5.41, 5.74) is 0.954. The zero-order valence-electron chi connectivity index (χ0n) is 16.5. The van der Waals surface area contributed by atoms with Crippen molar-refractivity contribution in [2.45, 2.75) is 56.6 Å². The minimum atomic E-state index is -0.315. The maximum atomic E-state index is 13.4. The molecule has 7 heteroatoms. The average molecular weight is 399 g/mol. The lowest BCUT2D eigenvalue weighted by molar-refractivity contribution is 0.0259. The molecule has 3 fully saturated rings. The molecule has 1 saturated carbocycles. The molecule has 5 rings (SSSR count). The Bertz CT molecular complexity index is 942. The van der Waals surface area contributed by atoms with Gasteiger partial charge in [0.1, 0.15) is 17.1 Å². The Hall–Kier alpha value is -2.57. The van der Waals surface area contributed by atoms with Gasteiger partial charge in [0.25, 0.3) is 5.91 Å². The van der Waals surface area contributed by atoms with Gasteiger partial charge in [0.2, 0.25) is 0 Å². The number of nitrogens with one attached hydrogen (secondary N) is 1. The van der Waals surface area contributed by atoms with E-state index < -0.39 is 0 Å². The number of carbonyl (C=O) groups is 2. The number of piperidine rings is 1. The van der Waals surface area contributed by atoms with Gasteiger partial charge in [0.15, 0.2) is 0 Å². The summed E-state index contributed by atoms with van der Waals surface area (Å²) in [6.45, 7) is 1.89. The first-order valence-electron chi connectivity index (χ1n) is 10.6. The summed E-state index contributed by atoms with van der Waals surface area (Å²) in [6, 6.07) is 6.29. The van der Waals surface area contributed by atoms with Crippen LogP contribution in [0.4, 0.5) is 9.18 Å². The quantitative estimate of drug-likeness (QED) is 0.828. The second-order valence-electron chi connectivity index (χ2n) is 8.68. The van der Waals surface area contributed by atoms with Crippen molar-refractivity contribution in [3.8, 4) is 0 Å². The first-order chi connectivity index (χ1) is 14.0. The van der Waals surface area contributed by atoms with Crippen LogP contribution in [0.3, 0.4) is 0 Å². The number of aromatic amines is 1. The van der Waals surface area contributed by atoms with E-state index in [2.05, 4.69) is 4.98 Å². The number of fused-ring (bicyclic) bond motifs is 1. The Balaban J connectivity index is 1.23. The lowest BCUT2D eigenvalue weighted by atomic mass is 9.84. The minimum absolute atomic E-state index is 0.0761. The van der Waals surface area contributed by atoms with Crippen molar-refractivity contribution in [3.05, 3.63) is 35.8 Å².